The highest BCUT2D eigenvalue weighted by molar-refractivity contribution is 5.87. The second kappa shape index (κ2) is 15.5. The van der Waals surface area contributed by atoms with E-state index in [4.69, 9.17) is 20.3 Å². The summed E-state index contributed by atoms with van der Waals surface area (Å²) in [6.45, 7) is 4.43. The summed E-state index contributed by atoms with van der Waals surface area (Å²) in [6.07, 6.45) is 7.38. The zero-order valence-corrected chi connectivity index (χ0v) is 17.6. The molecule has 2 aromatic carbocycles. The number of hydrogen-bond acceptors (Lipinski definition) is 5. The fourth-order valence-electron chi connectivity index (χ4n) is 2.49. The molecule has 6 nitrogen and oxygen atoms in total. The molecule has 0 aliphatic heterocycles. The first-order valence-electron chi connectivity index (χ1n) is 10.2. The lowest BCUT2D eigenvalue weighted by Gasteiger charge is -2.06. The van der Waals surface area contributed by atoms with Crippen LogP contribution in [0.3, 0.4) is 0 Å². The van der Waals surface area contributed by atoms with E-state index < -0.39 is 5.97 Å². The molecule has 2 aromatic rings. The number of carboxylic acids is 1. The summed E-state index contributed by atoms with van der Waals surface area (Å²) in [4.78, 5) is 21.5. The molecule has 0 fully saturated rings. The molecule has 2 rings (SSSR count). The number of hydrogen-bond donors (Lipinski definition) is 2. The van der Waals surface area contributed by atoms with Gasteiger partial charge >= 0.3 is 11.9 Å². The minimum absolute atomic E-state index is 0.251. The zero-order valence-electron chi connectivity index (χ0n) is 17.6. The first-order chi connectivity index (χ1) is 14.9. The highest BCUT2D eigenvalue weighted by Crippen LogP contribution is 2.13. The quantitative estimate of drug-likeness (QED) is 0.206. The van der Waals surface area contributed by atoms with Gasteiger partial charge in [-0.05, 0) is 61.4 Å². The number of unbranched alkanes of at least 4 members (excludes halogenated alkanes) is 5. The lowest BCUT2D eigenvalue weighted by molar-refractivity contribution is -0.137. The van der Waals surface area contributed by atoms with Gasteiger partial charge in [0.25, 0.3) is 0 Å². The summed E-state index contributed by atoms with van der Waals surface area (Å²) >= 11 is 0. The monoisotopic (exact) mass is 431 g/mol. The maximum Gasteiger partial charge on any atom is 0.335 e. The Kier molecular flexibility index (Phi) is 12.8. The number of halogens is 1. The van der Waals surface area contributed by atoms with E-state index in [-0.39, 0.29) is 17.3 Å². The van der Waals surface area contributed by atoms with Crippen LogP contribution in [0.25, 0.3) is 0 Å². The molecule has 0 heterocycles. The molecule has 0 aromatic heterocycles. The fraction of sp³-hybridized carbons (Fsp3) is 0.333. The number of nitrogens with two attached hydrogens (primary N) is 1. The molecular weight excluding hydrogens is 401 g/mol. The minimum atomic E-state index is -0.934. The summed E-state index contributed by atoms with van der Waals surface area (Å²) in [5.41, 5.74) is 6.11. The molecule has 0 unspecified atom stereocenters. The first-order valence-corrected chi connectivity index (χ1v) is 10.2. The van der Waals surface area contributed by atoms with Gasteiger partial charge in [-0.15, -0.1) is 0 Å². The SMILES string of the molecule is C=CC(=O)OCCCCCCCCOc1ccc(C(=O)O)cc1.Nc1ccc(F)cc1. The number of anilines is 1. The van der Waals surface area contributed by atoms with Crippen LogP contribution in [0.15, 0.2) is 61.2 Å². The zero-order chi connectivity index (χ0) is 22.9. The third-order valence-electron chi connectivity index (χ3n) is 4.19. The van der Waals surface area contributed by atoms with Crippen LogP contribution in [0.4, 0.5) is 10.1 Å². The molecule has 7 heteroatoms. The van der Waals surface area contributed by atoms with Crippen molar-refractivity contribution in [3.63, 3.8) is 0 Å². The van der Waals surface area contributed by atoms with Crippen molar-refractivity contribution in [2.24, 2.45) is 0 Å². The van der Waals surface area contributed by atoms with E-state index in [9.17, 15) is 14.0 Å². The molecule has 0 atom stereocenters. The summed E-state index contributed by atoms with van der Waals surface area (Å²) in [6, 6.07) is 12.1. The molecule has 31 heavy (non-hydrogen) atoms. The van der Waals surface area contributed by atoms with Crippen molar-refractivity contribution in [1.82, 2.24) is 0 Å². The highest BCUT2D eigenvalue weighted by Gasteiger charge is 2.02. The summed E-state index contributed by atoms with van der Waals surface area (Å²) < 4.78 is 22.5. The highest BCUT2D eigenvalue weighted by atomic mass is 19.1. The van der Waals surface area contributed by atoms with Crippen LogP contribution >= 0.6 is 0 Å². The molecule has 0 radical (unpaired) electrons. The van der Waals surface area contributed by atoms with Gasteiger partial charge in [0.1, 0.15) is 11.6 Å². The van der Waals surface area contributed by atoms with Crippen molar-refractivity contribution in [2.45, 2.75) is 38.5 Å². The number of carbonyl (C=O) groups excluding carboxylic acids is 1. The molecule has 168 valence electrons. The Hall–Kier alpha value is -3.35. The van der Waals surface area contributed by atoms with Gasteiger partial charge in [-0.2, -0.15) is 0 Å². The number of nitrogen functional groups attached to an aromatic ring is 1. The summed E-state index contributed by atoms with van der Waals surface area (Å²) in [5, 5.41) is 8.80. The second-order valence-electron chi connectivity index (χ2n) is 6.72. The van der Waals surface area contributed by atoms with E-state index in [0.29, 0.717) is 24.7 Å². The normalized spacial score (nSPS) is 9.84. The number of carbonyl (C=O) groups is 2. The molecule has 0 aliphatic carbocycles. The largest absolute Gasteiger partial charge is 0.494 e. The Balaban J connectivity index is 0.000000500. The van der Waals surface area contributed by atoms with Gasteiger partial charge in [-0.25, -0.2) is 14.0 Å². The van der Waals surface area contributed by atoms with Crippen LogP contribution in [0.2, 0.25) is 0 Å². The topological polar surface area (TPSA) is 98.8 Å². The van der Waals surface area contributed by atoms with E-state index in [2.05, 4.69) is 6.58 Å². The molecular formula is C24H30FNO5. The summed E-state index contributed by atoms with van der Waals surface area (Å²) in [7, 11) is 0. The molecule has 0 aliphatic rings. The van der Waals surface area contributed by atoms with E-state index in [1.54, 1.807) is 12.1 Å². The van der Waals surface area contributed by atoms with E-state index in [1.807, 2.05) is 0 Å². The number of rotatable bonds is 12. The number of ether oxygens (including phenoxy) is 2. The van der Waals surface area contributed by atoms with Gasteiger partial charge in [0.05, 0.1) is 18.8 Å². The lowest BCUT2D eigenvalue weighted by Crippen LogP contribution is -2.01. The number of aromatic carboxylic acids is 1. The standard InChI is InChI=1S/C18H24O5.C6H6FN/c1-2-17(19)23-14-8-6-4-3-5-7-13-22-16-11-9-15(10-12-16)18(20)21;7-5-1-3-6(8)4-2-5/h2,9-12H,1,3-8,13-14H2,(H,20,21);1-4H,8H2. The second-order valence-corrected chi connectivity index (χ2v) is 6.72. The van der Waals surface area contributed by atoms with Crippen molar-refractivity contribution in [3.8, 4) is 5.75 Å². The maximum atomic E-state index is 12.0. The van der Waals surface area contributed by atoms with Crippen LogP contribution in [0.1, 0.15) is 48.9 Å². The van der Waals surface area contributed by atoms with Crippen molar-refractivity contribution in [3.05, 3.63) is 72.6 Å². The van der Waals surface area contributed by atoms with Gasteiger partial charge < -0.3 is 20.3 Å². The van der Waals surface area contributed by atoms with E-state index >= 15 is 0 Å². The Morgan fingerprint density at radius 1 is 0.903 bits per heavy atom. The Labute approximate surface area is 182 Å². The van der Waals surface area contributed by atoms with Gasteiger partial charge in [0.2, 0.25) is 0 Å². The number of carboxylic acid groups (broad SMARTS) is 1. The van der Waals surface area contributed by atoms with Gasteiger partial charge in [0, 0.05) is 11.8 Å². The molecule has 0 saturated heterocycles. The maximum absolute atomic E-state index is 12.0. The van der Waals surface area contributed by atoms with Crippen LogP contribution in [-0.2, 0) is 9.53 Å². The van der Waals surface area contributed by atoms with Gasteiger partial charge in [0.15, 0.2) is 0 Å². The fourth-order valence-corrected chi connectivity index (χ4v) is 2.49. The average Bonchev–Trinajstić information content (AvgIpc) is 2.77. The Bertz CT molecular complexity index is 770. The van der Waals surface area contributed by atoms with Crippen LogP contribution in [0, 0.1) is 5.82 Å². The Morgan fingerprint density at radius 2 is 1.45 bits per heavy atom. The van der Waals surface area contributed by atoms with Gasteiger partial charge in [-0.3, -0.25) is 0 Å². The van der Waals surface area contributed by atoms with Crippen molar-refractivity contribution in [1.29, 1.82) is 0 Å². The molecule has 0 spiro atoms. The third kappa shape index (κ3) is 12.7. The predicted octanol–water partition coefficient (Wildman–Crippen LogP) is 5.24. The average molecular weight is 432 g/mol. The number of esters is 1. The Morgan fingerprint density at radius 3 is 1.97 bits per heavy atom. The molecule has 3 N–H and O–H groups in total. The summed E-state index contributed by atoms with van der Waals surface area (Å²) in [5.74, 6) is -0.854. The predicted molar refractivity (Wildman–Crippen MR) is 119 cm³/mol. The smallest absolute Gasteiger partial charge is 0.335 e. The van der Waals surface area contributed by atoms with E-state index in [1.165, 1.54) is 42.5 Å². The van der Waals surface area contributed by atoms with Crippen LogP contribution in [0.5, 0.6) is 5.75 Å². The third-order valence-corrected chi connectivity index (χ3v) is 4.19. The molecule has 0 amide bonds. The molecule has 0 bridgehead atoms. The van der Waals surface area contributed by atoms with Crippen molar-refractivity contribution >= 4 is 17.6 Å². The van der Waals surface area contributed by atoms with E-state index in [0.717, 1.165) is 38.5 Å². The first kappa shape index (κ1) is 25.7. The molecule has 0 saturated carbocycles. The van der Waals surface area contributed by atoms with Gasteiger partial charge in [-0.1, -0.05) is 32.3 Å². The van der Waals surface area contributed by atoms with Crippen LogP contribution < -0.4 is 10.5 Å². The minimum Gasteiger partial charge on any atom is -0.494 e. The van der Waals surface area contributed by atoms with Crippen molar-refractivity contribution < 1.29 is 28.6 Å². The lowest BCUT2D eigenvalue weighted by atomic mass is 10.1. The van der Waals surface area contributed by atoms with Crippen LogP contribution in [-0.4, -0.2) is 30.3 Å². The van der Waals surface area contributed by atoms with Crippen molar-refractivity contribution in [2.75, 3.05) is 18.9 Å². The number of benzene rings is 2.